The number of urea groups is 1. The smallest absolute Gasteiger partial charge is 0.339 e. The van der Waals surface area contributed by atoms with Crippen molar-refractivity contribution in [3.8, 4) is 0 Å². The molecule has 3 amide bonds. The Hall–Kier alpha value is -2.96. The number of primary amides is 1. The Kier molecular flexibility index (Phi) is 5.63. The Balaban J connectivity index is 2.04. The first-order valence-electron chi connectivity index (χ1n) is 9.49. The molecule has 1 aliphatic carbocycles. The van der Waals surface area contributed by atoms with Crippen LogP contribution in [0, 0.1) is 11.8 Å². The van der Waals surface area contributed by atoms with Gasteiger partial charge in [-0.2, -0.15) is 0 Å². The van der Waals surface area contributed by atoms with E-state index in [4.69, 9.17) is 15.5 Å². The zero-order valence-electron chi connectivity index (χ0n) is 16.3. The van der Waals surface area contributed by atoms with Crippen LogP contribution in [0.25, 0.3) is 10.9 Å². The first-order valence-corrected chi connectivity index (χ1v) is 9.49. The number of aryl methyl sites for hydroxylation is 1. The second-order valence-corrected chi connectivity index (χ2v) is 7.70. The van der Waals surface area contributed by atoms with E-state index in [-0.39, 0.29) is 5.92 Å². The molecule has 0 unspecified atom stereocenters. The van der Waals surface area contributed by atoms with Gasteiger partial charge in [-0.05, 0) is 42.7 Å². The number of para-hydroxylation sites is 1. The molecule has 2 atom stereocenters. The molecule has 0 bridgehead atoms. The molecule has 1 aromatic carbocycles. The number of benzene rings is 1. The van der Waals surface area contributed by atoms with E-state index < -0.39 is 24.0 Å². The standard InChI is InChI=1S/C21H25N3O4/c1-11(2)18(19(25)24-21(22)27)28-20(26)17-13-6-4-5-7-15(13)23-16-9-8-12(3)10-14(16)17/h4-7,11-12,18H,8-10H2,1-3H3,(H3,22,24,25,27)/t12-,18+/m0/s1. The molecule has 1 aliphatic rings. The molecule has 28 heavy (non-hydrogen) atoms. The number of hydrogen-bond donors (Lipinski definition) is 2. The second kappa shape index (κ2) is 7.96. The maximum absolute atomic E-state index is 13.2. The number of imide groups is 1. The van der Waals surface area contributed by atoms with E-state index in [0.717, 1.165) is 36.0 Å². The topological polar surface area (TPSA) is 111 Å². The van der Waals surface area contributed by atoms with Gasteiger partial charge in [-0.3, -0.25) is 15.1 Å². The summed E-state index contributed by atoms with van der Waals surface area (Å²) in [5, 5.41) is 2.70. The van der Waals surface area contributed by atoms with Gasteiger partial charge in [0, 0.05) is 11.1 Å². The molecule has 0 spiro atoms. The van der Waals surface area contributed by atoms with Crippen molar-refractivity contribution in [1.82, 2.24) is 10.3 Å². The minimum absolute atomic E-state index is 0.328. The SMILES string of the molecule is CC(C)[C@@H](OC(=O)c1c2c(nc3ccccc13)CC[C@H](C)C2)C(=O)NC(N)=O. The van der Waals surface area contributed by atoms with Gasteiger partial charge in [0.2, 0.25) is 0 Å². The van der Waals surface area contributed by atoms with E-state index in [2.05, 4.69) is 6.92 Å². The average Bonchev–Trinajstić information content (AvgIpc) is 2.63. The molecule has 1 aromatic heterocycles. The molecule has 1 heterocycles. The summed E-state index contributed by atoms with van der Waals surface area (Å²) in [6.07, 6.45) is 1.43. The van der Waals surface area contributed by atoms with Gasteiger partial charge in [0.1, 0.15) is 0 Å². The van der Waals surface area contributed by atoms with Crippen LogP contribution in [-0.4, -0.2) is 29.0 Å². The lowest BCUT2D eigenvalue weighted by Gasteiger charge is -2.25. The summed E-state index contributed by atoms with van der Waals surface area (Å²) in [4.78, 5) is 41.2. The lowest BCUT2D eigenvalue weighted by Crippen LogP contribution is -2.45. The van der Waals surface area contributed by atoms with E-state index in [0.29, 0.717) is 16.9 Å². The summed E-state index contributed by atoms with van der Waals surface area (Å²) in [6, 6.07) is 6.45. The largest absolute Gasteiger partial charge is 0.448 e. The quantitative estimate of drug-likeness (QED) is 0.789. The fraction of sp³-hybridized carbons (Fsp3) is 0.429. The number of carbonyl (C=O) groups is 3. The number of fused-ring (bicyclic) bond motifs is 2. The van der Waals surface area contributed by atoms with Gasteiger partial charge in [-0.1, -0.05) is 39.0 Å². The van der Waals surface area contributed by atoms with Crippen molar-refractivity contribution in [1.29, 1.82) is 0 Å². The van der Waals surface area contributed by atoms with Crippen LogP contribution in [0.1, 0.15) is 48.8 Å². The Labute approximate surface area is 163 Å². The van der Waals surface area contributed by atoms with Gasteiger partial charge >= 0.3 is 12.0 Å². The predicted molar refractivity (Wildman–Crippen MR) is 105 cm³/mol. The normalized spacial score (nSPS) is 17.1. The molecule has 0 fully saturated rings. The average molecular weight is 383 g/mol. The zero-order chi connectivity index (χ0) is 20.4. The van der Waals surface area contributed by atoms with Gasteiger partial charge in [0.15, 0.2) is 6.10 Å². The van der Waals surface area contributed by atoms with Crippen LogP contribution in [0.15, 0.2) is 24.3 Å². The number of ether oxygens (including phenoxy) is 1. The summed E-state index contributed by atoms with van der Waals surface area (Å²) in [7, 11) is 0. The lowest BCUT2D eigenvalue weighted by atomic mass is 9.84. The number of hydrogen-bond acceptors (Lipinski definition) is 5. The van der Waals surface area contributed by atoms with Crippen LogP contribution in [0.2, 0.25) is 0 Å². The van der Waals surface area contributed by atoms with Crippen molar-refractivity contribution < 1.29 is 19.1 Å². The highest BCUT2D eigenvalue weighted by molar-refractivity contribution is 6.06. The molecule has 2 aromatic rings. The van der Waals surface area contributed by atoms with Crippen molar-refractivity contribution in [3.05, 3.63) is 41.1 Å². The Morgan fingerprint density at radius 2 is 1.96 bits per heavy atom. The van der Waals surface area contributed by atoms with Gasteiger partial charge in [-0.25, -0.2) is 9.59 Å². The van der Waals surface area contributed by atoms with Crippen molar-refractivity contribution in [2.45, 2.75) is 46.1 Å². The summed E-state index contributed by atoms with van der Waals surface area (Å²) < 4.78 is 5.58. The van der Waals surface area contributed by atoms with E-state index >= 15 is 0 Å². The number of nitrogens with one attached hydrogen (secondary N) is 1. The minimum atomic E-state index is -1.12. The molecule has 7 nitrogen and oxygen atoms in total. The highest BCUT2D eigenvalue weighted by atomic mass is 16.5. The van der Waals surface area contributed by atoms with Crippen LogP contribution < -0.4 is 11.1 Å². The van der Waals surface area contributed by atoms with Crippen molar-refractivity contribution in [3.63, 3.8) is 0 Å². The van der Waals surface area contributed by atoms with Crippen LogP contribution >= 0.6 is 0 Å². The van der Waals surface area contributed by atoms with Crippen LogP contribution in [0.5, 0.6) is 0 Å². The number of amides is 3. The third-order valence-corrected chi connectivity index (χ3v) is 5.05. The summed E-state index contributed by atoms with van der Waals surface area (Å²) in [5.41, 5.74) is 8.02. The van der Waals surface area contributed by atoms with E-state index in [1.165, 1.54) is 0 Å². The lowest BCUT2D eigenvalue weighted by molar-refractivity contribution is -0.130. The fourth-order valence-corrected chi connectivity index (χ4v) is 3.65. The molecule has 7 heteroatoms. The highest BCUT2D eigenvalue weighted by Gasteiger charge is 2.31. The van der Waals surface area contributed by atoms with Gasteiger partial charge in [0.05, 0.1) is 11.1 Å². The number of rotatable bonds is 4. The maximum Gasteiger partial charge on any atom is 0.339 e. The Morgan fingerprint density at radius 1 is 1.25 bits per heavy atom. The van der Waals surface area contributed by atoms with E-state index in [1.54, 1.807) is 13.8 Å². The summed E-state index contributed by atoms with van der Waals surface area (Å²) in [5.74, 6) is -1.20. The molecule has 0 saturated heterocycles. The predicted octanol–water partition coefficient (Wildman–Crippen LogP) is 2.74. The molecule has 148 valence electrons. The molecular weight excluding hydrogens is 358 g/mol. The fourth-order valence-electron chi connectivity index (χ4n) is 3.65. The van der Waals surface area contributed by atoms with Crippen molar-refractivity contribution in [2.75, 3.05) is 0 Å². The van der Waals surface area contributed by atoms with Gasteiger partial charge in [0.25, 0.3) is 5.91 Å². The monoisotopic (exact) mass is 383 g/mol. The van der Waals surface area contributed by atoms with Crippen LogP contribution in [0.3, 0.4) is 0 Å². The number of pyridine rings is 1. The van der Waals surface area contributed by atoms with Crippen LogP contribution in [-0.2, 0) is 22.4 Å². The Bertz CT molecular complexity index is 939. The number of nitrogens with two attached hydrogens (primary N) is 1. The Morgan fingerprint density at radius 3 is 2.64 bits per heavy atom. The molecule has 0 radical (unpaired) electrons. The third-order valence-electron chi connectivity index (χ3n) is 5.05. The van der Waals surface area contributed by atoms with Gasteiger partial charge in [-0.15, -0.1) is 0 Å². The van der Waals surface area contributed by atoms with E-state index in [1.807, 2.05) is 29.6 Å². The third kappa shape index (κ3) is 3.98. The summed E-state index contributed by atoms with van der Waals surface area (Å²) >= 11 is 0. The number of nitrogens with zero attached hydrogens (tertiary/aromatic N) is 1. The number of esters is 1. The highest BCUT2D eigenvalue weighted by Crippen LogP contribution is 2.32. The first kappa shape index (κ1) is 19.8. The molecule has 3 N–H and O–H groups in total. The van der Waals surface area contributed by atoms with E-state index in [9.17, 15) is 14.4 Å². The minimum Gasteiger partial charge on any atom is -0.448 e. The van der Waals surface area contributed by atoms with Crippen molar-refractivity contribution in [2.24, 2.45) is 17.6 Å². The molecule has 0 saturated carbocycles. The maximum atomic E-state index is 13.2. The second-order valence-electron chi connectivity index (χ2n) is 7.70. The zero-order valence-corrected chi connectivity index (χ0v) is 16.3. The van der Waals surface area contributed by atoms with Crippen LogP contribution in [0.4, 0.5) is 4.79 Å². The molecular formula is C21H25N3O4. The first-order chi connectivity index (χ1) is 13.3. The molecule has 0 aliphatic heterocycles. The summed E-state index contributed by atoms with van der Waals surface area (Å²) in [6.45, 7) is 5.62. The van der Waals surface area contributed by atoms with Crippen molar-refractivity contribution >= 4 is 28.8 Å². The molecule has 3 rings (SSSR count). The number of aromatic nitrogens is 1. The number of carbonyl (C=O) groups excluding carboxylic acids is 3. The van der Waals surface area contributed by atoms with Gasteiger partial charge < -0.3 is 10.5 Å².